The topological polar surface area (TPSA) is 37.3 Å². The van der Waals surface area contributed by atoms with Gasteiger partial charge in [0.2, 0.25) is 0 Å². The molecular weight excluding hydrogens is 260 g/mol. The van der Waals surface area contributed by atoms with Gasteiger partial charge in [-0.2, -0.15) is 0 Å². The molecule has 0 bridgehead atoms. The molecule has 1 N–H and O–H groups in total. The summed E-state index contributed by atoms with van der Waals surface area (Å²) in [6, 6.07) is 14.0. The number of benzene rings is 2. The maximum Gasteiger partial charge on any atom is 0.196 e. The second-order valence-electron chi connectivity index (χ2n) is 4.83. The quantitative estimate of drug-likeness (QED) is 0.625. The third-order valence-corrected chi connectivity index (χ3v) is 3.45. The molecule has 0 saturated carbocycles. The second kappa shape index (κ2) is 6.71. The largest absolute Gasteiger partial charge is 0.507 e. The number of rotatable bonds is 6. The van der Waals surface area contributed by atoms with E-state index in [0.717, 1.165) is 12.0 Å². The number of hydrogen-bond donors (Lipinski definition) is 1. The van der Waals surface area contributed by atoms with E-state index in [0.29, 0.717) is 11.1 Å². The minimum Gasteiger partial charge on any atom is -0.507 e. The number of allylic oxidation sites excluding steroid dienone is 2. The van der Waals surface area contributed by atoms with E-state index in [1.807, 2.05) is 24.3 Å². The minimum absolute atomic E-state index is 0.00204. The van der Waals surface area contributed by atoms with E-state index in [1.54, 1.807) is 30.3 Å². The number of hydrogen-bond acceptors (Lipinski definition) is 2. The number of para-hydroxylation sites is 1. The Labute approximate surface area is 125 Å². The fourth-order valence-corrected chi connectivity index (χ4v) is 2.25. The number of carbonyl (C=O) groups excluding carboxylic acids is 1. The first-order chi connectivity index (χ1) is 10.2. The summed E-state index contributed by atoms with van der Waals surface area (Å²) < 4.78 is 0. The molecule has 0 heterocycles. The summed E-state index contributed by atoms with van der Waals surface area (Å²) in [6.07, 6.45) is 4.55. The fourth-order valence-electron chi connectivity index (χ4n) is 2.25. The van der Waals surface area contributed by atoms with Crippen molar-refractivity contribution < 1.29 is 9.90 Å². The van der Waals surface area contributed by atoms with Gasteiger partial charge >= 0.3 is 0 Å². The van der Waals surface area contributed by atoms with Crippen molar-refractivity contribution in [3.63, 3.8) is 0 Å². The highest BCUT2D eigenvalue weighted by Crippen LogP contribution is 2.24. The highest BCUT2D eigenvalue weighted by atomic mass is 16.3. The Kier molecular flexibility index (Phi) is 4.72. The number of aromatic hydroxyl groups is 1. The van der Waals surface area contributed by atoms with Gasteiger partial charge in [0, 0.05) is 11.5 Å². The first kappa shape index (κ1) is 14.8. The van der Waals surface area contributed by atoms with Gasteiger partial charge in [-0.3, -0.25) is 4.79 Å². The molecule has 21 heavy (non-hydrogen) atoms. The zero-order chi connectivity index (χ0) is 15.2. The van der Waals surface area contributed by atoms with Gasteiger partial charge in [-0.15, -0.1) is 13.2 Å². The highest BCUT2D eigenvalue weighted by molar-refractivity contribution is 6.10. The zero-order valence-corrected chi connectivity index (χ0v) is 11.8. The van der Waals surface area contributed by atoms with Crippen LogP contribution in [0.2, 0.25) is 0 Å². The van der Waals surface area contributed by atoms with E-state index >= 15 is 0 Å². The molecule has 2 rings (SSSR count). The van der Waals surface area contributed by atoms with Gasteiger partial charge in [0.25, 0.3) is 0 Å². The van der Waals surface area contributed by atoms with Crippen LogP contribution in [0.25, 0.3) is 0 Å². The van der Waals surface area contributed by atoms with Crippen LogP contribution in [0.5, 0.6) is 5.75 Å². The first-order valence-electron chi connectivity index (χ1n) is 6.83. The smallest absolute Gasteiger partial charge is 0.196 e. The average Bonchev–Trinajstić information content (AvgIpc) is 2.52. The fraction of sp³-hybridized carbons (Fsp3) is 0.105. The van der Waals surface area contributed by atoms with Crippen LogP contribution in [0.15, 0.2) is 73.8 Å². The lowest BCUT2D eigenvalue weighted by atomic mass is 9.93. The van der Waals surface area contributed by atoms with Crippen LogP contribution in [0.1, 0.15) is 33.8 Å². The Hall–Kier alpha value is -2.61. The molecule has 0 aliphatic carbocycles. The highest BCUT2D eigenvalue weighted by Gasteiger charge is 2.13. The zero-order valence-electron chi connectivity index (χ0n) is 11.8. The molecule has 2 heteroatoms. The number of carbonyl (C=O) groups is 1. The third-order valence-electron chi connectivity index (χ3n) is 3.45. The SMILES string of the molecule is C=CCC(C=C)c1ccc(C(=O)c2ccccc2O)cc1. The average molecular weight is 278 g/mol. The van der Waals surface area contributed by atoms with Crippen LogP contribution in [0, 0.1) is 0 Å². The van der Waals surface area contributed by atoms with E-state index in [9.17, 15) is 9.90 Å². The van der Waals surface area contributed by atoms with Crippen LogP contribution < -0.4 is 0 Å². The molecule has 0 aliphatic rings. The molecule has 1 atom stereocenters. The number of phenolic OH excluding ortho intramolecular Hbond substituents is 1. The van der Waals surface area contributed by atoms with Crippen molar-refractivity contribution in [1.29, 1.82) is 0 Å². The van der Waals surface area contributed by atoms with E-state index in [2.05, 4.69) is 13.2 Å². The number of ketones is 1. The van der Waals surface area contributed by atoms with Gasteiger partial charge in [0.05, 0.1) is 5.56 Å². The predicted molar refractivity (Wildman–Crippen MR) is 85.7 cm³/mol. The summed E-state index contributed by atoms with van der Waals surface area (Å²) in [5, 5.41) is 9.75. The summed E-state index contributed by atoms with van der Waals surface area (Å²) in [5.41, 5.74) is 1.97. The van der Waals surface area contributed by atoms with E-state index in [1.165, 1.54) is 6.07 Å². The number of phenols is 1. The van der Waals surface area contributed by atoms with E-state index in [4.69, 9.17) is 0 Å². The second-order valence-corrected chi connectivity index (χ2v) is 4.83. The lowest BCUT2D eigenvalue weighted by Gasteiger charge is -2.11. The van der Waals surface area contributed by atoms with Crippen LogP contribution in [0.3, 0.4) is 0 Å². The van der Waals surface area contributed by atoms with Gasteiger partial charge in [-0.25, -0.2) is 0 Å². The monoisotopic (exact) mass is 278 g/mol. The Balaban J connectivity index is 2.27. The van der Waals surface area contributed by atoms with E-state index < -0.39 is 0 Å². The van der Waals surface area contributed by atoms with Gasteiger partial charge in [-0.05, 0) is 24.1 Å². The van der Waals surface area contributed by atoms with Crippen molar-refractivity contribution in [3.05, 3.63) is 90.5 Å². The van der Waals surface area contributed by atoms with Crippen molar-refractivity contribution in [3.8, 4) is 5.75 Å². The van der Waals surface area contributed by atoms with Crippen molar-refractivity contribution in [1.82, 2.24) is 0 Å². The molecule has 2 nitrogen and oxygen atoms in total. The summed E-state index contributed by atoms with van der Waals surface area (Å²) in [5.74, 6) is 0.0255. The molecular formula is C19H18O2. The van der Waals surface area contributed by atoms with Crippen molar-refractivity contribution in [2.75, 3.05) is 0 Å². The lowest BCUT2D eigenvalue weighted by molar-refractivity contribution is 0.103. The maximum atomic E-state index is 12.3. The van der Waals surface area contributed by atoms with Crippen LogP contribution in [0.4, 0.5) is 0 Å². The summed E-state index contributed by atoms with van der Waals surface area (Å²) in [6.45, 7) is 7.56. The molecule has 0 aliphatic heterocycles. The molecule has 1 unspecified atom stereocenters. The van der Waals surface area contributed by atoms with Crippen molar-refractivity contribution in [2.45, 2.75) is 12.3 Å². The molecule has 106 valence electrons. The van der Waals surface area contributed by atoms with Gasteiger partial charge in [0.1, 0.15) is 5.75 Å². The standard InChI is InChI=1S/C19H18O2/c1-3-7-14(4-2)15-10-12-16(13-11-15)19(21)17-8-5-6-9-18(17)20/h3-6,8-14,20H,1-2,7H2. The maximum absolute atomic E-state index is 12.3. The molecule has 0 spiro atoms. The summed E-state index contributed by atoms with van der Waals surface area (Å²) >= 11 is 0. The van der Waals surface area contributed by atoms with E-state index in [-0.39, 0.29) is 17.5 Å². The Morgan fingerprint density at radius 2 is 1.76 bits per heavy atom. The molecule has 0 saturated heterocycles. The summed E-state index contributed by atoms with van der Waals surface area (Å²) in [7, 11) is 0. The van der Waals surface area contributed by atoms with Gasteiger partial charge in [0.15, 0.2) is 5.78 Å². The molecule has 0 radical (unpaired) electrons. The molecule has 2 aromatic rings. The molecule has 0 aromatic heterocycles. The minimum atomic E-state index is -0.182. The normalized spacial score (nSPS) is 11.6. The first-order valence-corrected chi connectivity index (χ1v) is 6.83. The van der Waals surface area contributed by atoms with Gasteiger partial charge in [-0.1, -0.05) is 48.6 Å². The predicted octanol–water partition coefficient (Wildman–Crippen LogP) is 4.47. The Morgan fingerprint density at radius 3 is 2.33 bits per heavy atom. The molecule has 0 fully saturated rings. The van der Waals surface area contributed by atoms with Crippen LogP contribution in [-0.4, -0.2) is 10.9 Å². The Bertz CT molecular complexity index is 654. The molecule has 0 amide bonds. The third kappa shape index (κ3) is 3.29. The lowest BCUT2D eigenvalue weighted by Crippen LogP contribution is -2.02. The van der Waals surface area contributed by atoms with Gasteiger partial charge < -0.3 is 5.11 Å². The van der Waals surface area contributed by atoms with Crippen molar-refractivity contribution in [2.24, 2.45) is 0 Å². The van der Waals surface area contributed by atoms with Crippen LogP contribution in [-0.2, 0) is 0 Å². The molecule has 2 aromatic carbocycles. The van der Waals surface area contributed by atoms with Crippen molar-refractivity contribution >= 4 is 5.78 Å². The summed E-state index contributed by atoms with van der Waals surface area (Å²) in [4.78, 5) is 12.3. The van der Waals surface area contributed by atoms with Crippen LogP contribution >= 0.6 is 0 Å². The Morgan fingerprint density at radius 1 is 1.10 bits per heavy atom.